The van der Waals surface area contributed by atoms with Crippen LogP contribution in [0.5, 0.6) is 17.4 Å². The number of benzene rings is 2. The molecule has 4 fully saturated rings. The lowest BCUT2D eigenvalue weighted by Gasteiger charge is -2.56. The summed E-state index contributed by atoms with van der Waals surface area (Å²) in [5.74, 6) is -1.22. The molecule has 2 aliphatic carbocycles. The summed E-state index contributed by atoms with van der Waals surface area (Å²) in [6, 6.07) is 17.0. The summed E-state index contributed by atoms with van der Waals surface area (Å²) >= 11 is 0. The Labute approximate surface area is 389 Å². The average Bonchev–Trinajstić information content (AvgIpc) is 3.93. The highest BCUT2D eigenvalue weighted by atomic mass is 32.2. The van der Waals surface area contributed by atoms with Crippen LogP contribution in [0.25, 0.3) is 11.0 Å². The highest BCUT2D eigenvalue weighted by molar-refractivity contribution is 7.90. The lowest BCUT2D eigenvalue weighted by molar-refractivity contribution is -0.384. The summed E-state index contributed by atoms with van der Waals surface area (Å²) in [6.45, 7) is 9.31. The predicted octanol–water partition coefficient (Wildman–Crippen LogP) is 8.99. The van der Waals surface area contributed by atoms with Gasteiger partial charge in [0.05, 0.1) is 34.8 Å². The van der Waals surface area contributed by atoms with E-state index in [1.807, 2.05) is 4.72 Å². The summed E-state index contributed by atoms with van der Waals surface area (Å²) in [4.78, 5) is 41.1. The largest absolute Gasteiger partial charge is 0.478 e. The van der Waals surface area contributed by atoms with Gasteiger partial charge in [-0.3, -0.25) is 19.8 Å². The van der Waals surface area contributed by atoms with Gasteiger partial charge in [-0.15, -0.1) is 0 Å². The number of piperidine rings is 1. The molecule has 0 bridgehead atoms. The molecule has 356 valence electrons. The Hall–Kier alpha value is -5.85. The predicted molar refractivity (Wildman–Crippen MR) is 252 cm³/mol. The monoisotopic (exact) mass is 938 g/mol. The Morgan fingerprint density at radius 3 is 2.51 bits per heavy atom. The second-order valence-electron chi connectivity index (χ2n) is 19.6. The number of anilines is 2. The number of nitro groups is 1. The molecule has 2 saturated carbocycles. The van der Waals surface area contributed by atoms with Crippen LogP contribution in [0.1, 0.15) is 118 Å². The second kappa shape index (κ2) is 18.3. The molecule has 5 heterocycles. The molecule has 2 aromatic carbocycles. The van der Waals surface area contributed by atoms with E-state index in [1.165, 1.54) is 43.2 Å². The van der Waals surface area contributed by atoms with Crippen molar-refractivity contribution in [3.8, 4) is 17.4 Å². The highest BCUT2D eigenvalue weighted by Crippen LogP contribution is 2.54. The van der Waals surface area contributed by atoms with Crippen molar-refractivity contribution in [3.05, 3.63) is 99.6 Å². The van der Waals surface area contributed by atoms with Gasteiger partial charge in [0.25, 0.3) is 21.8 Å². The van der Waals surface area contributed by atoms with Crippen molar-refractivity contribution in [2.24, 2.45) is 11.3 Å². The fraction of sp³-hybridized carbons (Fsp3) is 0.490. The molecule has 18 heteroatoms. The Morgan fingerprint density at radius 1 is 1.04 bits per heavy atom. The van der Waals surface area contributed by atoms with E-state index in [0.717, 1.165) is 69.5 Å². The third-order valence-electron chi connectivity index (χ3n) is 14.8. The number of amides is 1. The van der Waals surface area contributed by atoms with Crippen LogP contribution >= 0.6 is 0 Å². The smallest absolute Gasteiger partial charge is 0.312 e. The van der Waals surface area contributed by atoms with Gasteiger partial charge in [-0.1, -0.05) is 38.1 Å². The maximum absolute atomic E-state index is 14.8. The number of fused-ring (bicyclic) bond motifs is 1. The number of halogens is 1. The van der Waals surface area contributed by atoms with E-state index in [2.05, 4.69) is 68.2 Å². The molecule has 16 nitrogen and oxygen atoms in total. The number of nitrogens with zero attached hydrogens (tertiary/aromatic N) is 5. The van der Waals surface area contributed by atoms with Gasteiger partial charge in [-0.2, -0.15) is 4.98 Å². The van der Waals surface area contributed by atoms with Gasteiger partial charge >= 0.3 is 5.69 Å². The first-order valence-corrected chi connectivity index (χ1v) is 24.8. The minimum Gasteiger partial charge on any atom is -0.478 e. The van der Waals surface area contributed by atoms with E-state index in [-0.39, 0.29) is 51.1 Å². The van der Waals surface area contributed by atoms with Gasteiger partial charge in [-0.25, -0.2) is 22.5 Å². The summed E-state index contributed by atoms with van der Waals surface area (Å²) < 4.78 is 56.2. The van der Waals surface area contributed by atoms with Crippen LogP contribution in [0.15, 0.2) is 71.9 Å². The molecule has 1 spiro atoms. The summed E-state index contributed by atoms with van der Waals surface area (Å²) in [5.41, 5.74) is 2.61. The molecule has 9 rings (SSSR count). The third kappa shape index (κ3) is 9.52. The van der Waals surface area contributed by atoms with Crippen LogP contribution < -0.4 is 24.4 Å². The van der Waals surface area contributed by atoms with Crippen molar-refractivity contribution in [2.45, 2.75) is 113 Å². The van der Waals surface area contributed by atoms with Crippen LogP contribution in [0.3, 0.4) is 0 Å². The summed E-state index contributed by atoms with van der Waals surface area (Å²) in [7, 11) is -3.35. The molecular weight excluding hydrogens is 880 g/mol. The van der Waals surface area contributed by atoms with Gasteiger partial charge in [-0.05, 0) is 118 Å². The zero-order valence-electron chi connectivity index (χ0n) is 38.4. The topological polar surface area (TPSA) is 205 Å². The van der Waals surface area contributed by atoms with Gasteiger partial charge in [0.15, 0.2) is 5.75 Å². The van der Waals surface area contributed by atoms with Crippen molar-refractivity contribution in [1.29, 1.82) is 0 Å². The number of ether oxygens (including phenoxy) is 2. The zero-order valence-corrected chi connectivity index (χ0v) is 39.2. The number of carbonyl (C=O) groups is 1. The van der Waals surface area contributed by atoms with Gasteiger partial charge in [0.1, 0.15) is 22.1 Å². The first kappa shape index (κ1) is 46.3. The van der Waals surface area contributed by atoms with E-state index in [9.17, 15) is 32.8 Å². The molecule has 0 unspecified atom stereocenters. The number of carbonyl (C=O) groups excluding carboxylic acids is 1. The quantitative estimate of drug-likeness (QED) is 0.0607. The average molecular weight is 939 g/mol. The van der Waals surface area contributed by atoms with Crippen LogP contribution in [-0.4, -0.2) is 89.1 Å². The van der Waals surface area contributed by atoms with Gasteiger partial charge in [0, 0.05) is 61.8 Å². The normalized spacial score (nSPS) is 22.2. The van der Waals surface area contributed by atoms with Gasteiger partial charge in [0.2, 0.25) is 5.82 Å². The molecular formula is C49H59FN8O8S. The lowest BCUT2D eigenvalue weighted by Crippen LogP contribution is -2.54. The van der Waals surface area contributed by atoms with Crippen molar-refractivity contribution in [3.63, 3.8) is 0 Å². The second-order valence-corrected chi connectivity index (χ2v) is 21.3. The van der Waals surface area contributed by atoms with E-state index in [0.29, 0.717) is 50.2 Å². The van der Waals surface area contributed by atoms with E-state index in [4.69, 9.17) is 9.47 Å². The molecule has 5 aromatic rings. The van der Waals surface area contributed by atoms with E-state index < -0.39 is 42.9 Å². The van der Waals surface area contributed by atoms with Crippen LogP contribution in [0, 0.1) is 27.3 Å². The van der Waals surface area contributed by atoms with Crippen LogP contribution in [0.2, 0.25) is 0 Å². The Bertz CT molecular complexity index is 2770. The highest BCUT2D eigenvalue weighted by Gasteiger charge is 2.50. The number of methoxy groups -OCH3 is 1. The number of hydrogen-bond acceptors (Lipinski definition) is 13. The molecule has 0 radical (unpaired) electrons. The van der Waals surface area contributed by atoms with E-state index in [1.54, 1.807) is 19.1 Å². The van der Waals surface area contributed by atoms with Crippen LogP contribution in [-0.2, 0) is 10.0 Å². The summed E-state index contributed by atoms with van der Waals surface area (Å²) in [5, 5.41) is 25.6. The standard InChI is InChI=1S/C49H59FN8O8S/c1-30(2)35-8-5-6-9-36(35)40-10-7-19-57(40)33-25-49(26-33)17-20-56(21-18-49)32-11-12-37(42(22-32)66-43-24-38-39(50)29-53-44(38)54-47(43)65-4)46(59)55-67(63,64)34-23-41(58(61)62)45(52-28-34)51-27-31-13-15-48(3,60)16-14-31/h5-6,8-9,11-12,22-24,28-31,33,40,60H,7,10,13-21,25-27H2,1-4H3,(H,51,52)(H,53,54)(H,55,59)/t31?,40-,48?/m0/s1. The summed E-state index contributed by atoms with van der Waals surface area (Å²) in [6.07, 6.45) is 11.4. The number of aromatic amines is 1. The Balaban J connectivity index is 0.927. The molecule has 4 aliphatic rings. The number of H-pyrrole nitrogens is 1. The molecule has 2 aliphatic heterocycles. The van der Waals surface area contributed by atoms with Crippen molar-refractivity contribution in [1.82, 2.24) is 24.6 Å². The number of aliphatic hydroxyl groups is 1. The maximum Gasteiger partial charge on any atom is 0.312 e. The van der Waals surface area contributed by atoms with Crippen molar-refractivity contribution in [2.75, 3.05) is 43.5 Å². The van der Waals surface area contributed by atoms with Crippen LogP contribution in [0.4, 0.5) is 21.6 Å². The molecule has 3 aromatic heterocycles. The van der Waals surface area contributed by atoms with Crippen molar-refractivity contribution < 1.29 is 37.1 Å². The lowest BCUT2D eigenvalue weighted by atomic mass is 9.59. The zero-order chi connectivity index (χ0) is 47.3. The minimum atomic E-state index is -4.72. The molecule has 1 amide bonds. The SMILES string of the molecule is COc1nc2[nH]cc(F)c2cc1Oc1cc(N2CCC3(CC2)CC(N2CCC[C@H]2c2ccccc2C(C)C)C3)ccc1C(=O)NS(=O)(=O)c1cnc(NCC2CCC(C)(O)CC2)c([N+](=O)[O-])c1. The number of hydrogen-bond donors (Lipinski definition) is 4. The molecule has 67 heavy (non-hydrogen) atoms. The number of pyridine rings is 2. The fourth-order valence-electron chi connectivity index (χ4n) is 10.9. The van der Waals surface area contributed by atoms with Crippen molar-refractivity contribution >= 4 is 44.2 Å². The fourth-order valence-corrected chi connectivity index (χ4v) is 11.8. The minimum absolute atomic E-state index is 0.00596. The van der Waals surface area contributed by atoms with E-state index >= 15 is 0 Å². The molecule has 1 atom stereocenters. The third-order valence-corrected chi connectivity index (χ3v) is 16.1. The Kier molecular flexibility index (Phi) is 12.7. The maximum atomic E-state index is 14.8. The number of aromatic nitrogens is 3. The Morgan fingerprint density at radius 2 is 1.79 bits per heavy atom. The molecule has 4 N–H and O–H groups in total. The first-order chi connectivity index (χ1) is 32.0. The van der Waals surface area contributed by atoms with Gasteiger partial charge < -0.3 is 29.8 Å². The number of rotatable bonds is 14. The number of sulfonamides is 1. The molecule has 2 saturated heterocycles. The first-order valence-electron chi connectivity index (χ1n) is 23.3. The number of likely N-dealkylation sites (tertiary alicyclic amines) is 1. The number of nitrogens with one attached hydrogen (secondary N) is 3.